The van der Waals surface area contributed by atoms with Crippen LogP contribution in [0.2, 0.25) is 5.02 Å². The summed E-state index contributed by atoms with van der Waals surface area (Å²) in [5.74, 6) is 5.56. The fourth-order valence-corrected chi connectivity index (χ4v) is 1.24. The van der Waals surface area contributed by atoms with Gasteiger partial charge in [0.2, 0.25) is 0 Å². The van der Waals surface area contributed by atoms with E-state index in [0.29, 0.717) is 15.8 Å². The number of benzene rings is 1. The van der Waals surface area contributed by atoms with Gasteiger partial charge in [-0.2, -0.15) is 0 Å². The van der Waals surface area contributed by atoms with E-state index in [2.05, 4.69) is 11.8 Å². The molecular weight excluding hydrogens is 265 g/mol. The Morgan fingerprint density at radius 1 is 1.47 bits per heavy atom. The van der Waals surface area contributed by atoms with Gasteiger partial charge < -0.3 is 9.94 Å². The molecular formula is C11H9Cl2NO3. The smallest absolute Gasteiger partial charge is 0.441 e. The number of alkyl halides is 1. The lowest BCUT2D eigenvalue weighted by Gasteiger charge is -2.16. The average Bonchev–Trinajstić information content (AvgIpc) is 2.28. The number of amides is 1. The Balaban J connectivity index is 2.70. The molecule has 0 aliphatic rings. The van der Waals surface area contributed by atoms with Gasteiger partial charge in [0.05, 0.1) is 5.88 Å². The first-order valence-electron chi connectivity index (χ1n) is 4.59. The summed E-state index contributed by atoms with van der Waals surface area (Å²) in [6.07, 6.45) is -1.24. The summed E-state index contributed by atoms with van der Waals surface area (Å²) < 4.78 is 0. The zero-order valence-corrected chi connectivity index (χ0v) is 10.2. The minimum Gasteiger partial charge on any atom is -0.463 e. The van der Waals surface area contributed by atoms with Crippen LogP contribution in [0.25, 0.3) is 0 Å². The molecule has 0 heterocycles. The van der Waals surface area contributed by atoms with Gasteiger partial charge in [-0.3, -0.25) is 0 Å². The molecule has 0 saturated heterocycles. The van der Waals surface area contributed by atoms with Crippen LogP contribution >= 0.6 is 23.2 Å². The SMILES string of the molecule is O=C(O)N(CC#CCCl)Oc1cccc(Cl)c1. The minimum atomic E-state index is -1.24. The molecule has 0 bridgehead atoms. The standard InChI is InChI=1S/C11H9Cl2NO3/c12-6-1-2-7-14(11(15)16)17-10-5-3-4-9(13)8-10/h3-5,8H,6-7H2,(H,15,16). The van der Waals surface area contributed by atoms with Crippen molar-refractivity contribution in [2.45, 2.75) is 0 Å². The number of halogens is 2. The van der Waals surface area contributed by atoms with Crippen molar-refractivity contribution in [3.05, 3.63) is 29.3 Å². The van der Waals surface area contributed by atoms with Crippen LogP contribution in [0.15, 0.2) is 24.3 Å². The number of rotatable bonds is 3. The fraction of sp³-hybridized carbons (Fsp3) is 0.182. The Hall–Kier alpha value is -1.57. The number of carbonyl (C=O) groups is 1. The molecule has 0 aliphatic heterocycles. The number of nitrogens with zero attached hydrogens (tertiary/aromatic N) is 1. The summed E-state index contributed by atoms with van der Waals surface area (Å²) in [5, 5.41) is 10.0. The van der Waals surface area contributed by atoms with Crippen molar-refractivity contribution in [3.8, 4) is 17.6 Å². The van der Waals surface area contributed by atoms with Gasteiger partial charge in [0.15, 0.2) is 5.75 Å². The van der Waals surface area contributed by atoms with Crippen molar-refractivity contribution >= 4 is 29.3 Å². The van der Waals surface area contributed by atoms with Gasteiger partial charge in [-0.15, -0.1) is 16.7 Å². The van der Waals surface area contributed by atoms with Crippen LogP contribution in [0.5, 0.6) is 5.75 Å². The first-order valence-corrected chi connectivity index (χ1v) is 5.50. The van der Waals surface area contributed by atoms with E-state index >= 15 is 0 Å². The van der Waals surface area contributed by atoms with E-state index in [-0.39, 0.29) is 12.4 Å². The van der Waals surface area contributed by atoms with E-state index in [1.165, 1.54) is 6.07 Å². The molecule has 0 unspecified atom stereocenters. The van der Waals surface area contributed by atoms with E-state index in [0.717, 1.165) is 0 Å². The lowest BCUT2D eigenvalue weighted by atomic mass is 10.3. The Bertz CT molecular complexity index is 454. The van der Waals surface area contributed by atoms with Crippen molar-refractivity contribution in [1.82, 2.24) is 5.06 Å². The Kier molecular flexibility index (Phi) is 5.47. The molecule has 0 atom stereocenters. The largest absolute Gasteiger partial charge is 0.463 e. The molecule has 0 saturated carbocycles. The van der Waals surface area contributed by atoms with Crippen LogP contribution in [0, 0.1) is 11.8 Å². The monoisotopic (exact) mass is 273 g/mol. The average molecular weight is 274 g/mol. The third kappa shape index (κ3) is 4.85. The predicted molar refractivity (Wildman–Crippen MR) is 65.3 cm³/mol. The highest BCUT2D eigenvalue weighted by molar-refractivity contribution is 6.30. The Morgan fingerprint density at radius 3 is 2.82 bits per heavy atom. The van der Waals surface area contributed by atoms with E-state index in [1.54, 1.807) is 18.2 Å². The van der Waals surface area contributed by atoms with E-state index in [9.17, 15) is 4.79 Å². The maximum absolute atomic E-state index is 10.9. The van der Waals surface area contributed by atoms with Crippen molar-refractivity contribution in [3.63, 3.8) is 0 Å². The molecule has 0 radical (unpaired) electrons. The molecule has 1 aromatic carbocycles. The molecule has 4 nitrogen and oxygen atoms in total. The van der Waals surface area contributed by atoms with Gasteiger partial charge in [-0.25, -0.2) is 4.79 Å². The first kappa shape index (κ1) is 13.5. The van der Waals surface area contributed by atoms with Crippen LogP contribution in [0.4, 0.5) is 4.79 Å². The molecule has 17 heavy (non-hydrogen) atoms. The zero-order chi connectivity index (χ0) is 12.7. The maximum atomic E-state index is 10.9. The predicted octanol–water partition coefficient (Wildman–Crippen LogP) is 2.86. The van der Waals surface area contributed by atoms with E-state index in [1.807, 2.05) is 0 Å². The fourth-order valence-electron chi connectivity index (χ4n) is 0.965. The third-order valence-corrected chi connectivity index (χ3v) is 2.01. The third-order valence-electron chi connectivity index (χ3n) is 1.64. The zero-order valence-electron chi connectivity index (χ0n) is 8.69. The topological polar surface area (TPSA) is 49.8 Å². The van der Waals surface area contributed by atoms with Crippen LogP contribution < -0.4 is 4.84 Å². The maximum Gasteiger partial charge on any atom is 0.441 e. The number of hydrogen-bond donors (Lipinski definition) is 1. The summed E-state index contributed by atoms with van der Waals surface area (Å²) in [6, 6.07) is 6.41. The molecule has 1 aromatic rings. The molecule has 1 rings (SSSR count). The summed E-state index contributed by atoms with van der Waals surface area (Å²) in [4.78, 5) is 16.0. The molecule has 1 amide bonds. The quantitative estimate of drug-likeness (QED) is 0.524. The second kappa shape index (κ2) is 6.89. The summed E-state index contributed by atoms with van der Waals surface area (Å²) in [7, 11) is 0. The lowest BCUT2D eigenvalue weighted by Crippen LogP contribution is -2.33. The Morgan fingerprint density at radius 2 is 2.24 bits per heavy atom. The van der Waals surface area contributed by atoms with E-state index < -0.39 is 6.09 Å². The molecule has 0 spiro atoms. The molecule has 0 aromatic heterocycles. The van der Waals surface area contributed by atoms with Crippen molar-refractivity contribution in [1.29, 1.82) is 0 Å². The van der Waals surface area contributed by atoms with Crippen LogP contribution in [-0.2, 0) is 0 Å². The molecule has 0 aliphatic carbocycles. The van der Waals surface area contributed by atoms with Crippen molar-refractivity contribution in [2.75, 3.05) is 12.4 Å². The molecule has 6 heteroatoms. The number of hydroxylamine groups is 2. The summed E-state index contributed by atoms with van der Waals surface area (Å²) in [6.45, 7) is -0.0887. The summed E-state index contributed by atoms with van der Waals surface area (Å²) in [5.41, 5.74) is 0. The number of carboxylic acid groups (broad SMARTS) is 1. The van der Waals surface area contributed by atoms with Gasteiger partial charge >= 0.3 is 6.09 Å². The van der Waals surface area contributed by atoms with Crippen molar-refractivity contribution in [2.24, 2.45) is 0 Å². The van der Waals surface area contributed by atoms with Gasteiger partial charge in [-0.05, 0) is 12.1 Å². The van der Waals surface area contributed by atoms with Crippen LogP contribution in [0.1, 0.15) is 0 Å². The summed E-state index contributed by atoms with van der Waals surface area (Å²) >= 11 is 11.1. The minimum absolute atomic E-state index is 0.0887. The van der Waals surface area contributed by atoms with Gasteiger partial charge in [-0.1, -0.05) is 29.5 Å². The molecule has 1 N–H and O–H groups in total. The highest BCUT2D eigenvalue weighted by atomic mass is 35.5. The normalized spacial score (nSPS) is 9.06. The highest BCUT2D eigenvalue weighted by Gasteiger charge is 2.12. The van der Waals surface area contributed by atoms with Gasteiger partial charge in [0, 0.05) is 11.1 Å². The second-order valence-corrected chi connectivity index (χ2v) is 3.56. The van der Waals surface area contributed by atoms with Crippen LogP contribution in [-0.4, -0.2) is 28.7 Å². The highest BCUT2D eigenvalue weighted by Crippen LogP contribution is 2.18. The Labute approximate surface area is 109 Å². The van der Waals surface area contributed by atoms with Crippen LogP contribution in [0.3, 0.4) is 0 Å². The number of hydrogen-bond acceptors (Lipinski definition) is 2. The molecule has 0 fully saturated rings. The molecule has 90 valence electrons. The van der Waals surface area contributed by atoms with Crippen molar-refractivity contribution < 1.29 is 14.7 Å². The van der Waals surface area contributed by atoms with E-state index in [4.69, 9.17) is 33.1 Å². The van der Waals surface area contributed by atoms with Gasteiger partial charge in [0.25, 0.3) is 0 Å². The second-order valence-electron chi connectivity index (χ2n) is 2.86. The first-order chi connectivity index (χ1) is 8.13. The lowest BCUT2D eigenvalue weighted by molar-refractivity contribution is -0.0246. The van der Waals surface area contributed by atoms with Gasteiger partial charge in [0.1, 0.15) is 6.54 Å².